The van der Waals surface area contributed by atoms with Gasteiger partial charge in [-0.05, 0) is 25.8 Å². The van der Waals surface area contributed by atoms with Crippen LogP contribution in [0.25, 0.3) is 0 Å². The van der Waals surface area contributed by atoms with Crippen molar-refractivity contribution in [2.45, 2.75) is 20.3 Å². The summed E-state index contributed by atoms with van der Waals surface area (Å²) in [6.07, 6.45) is 6.15. The molecular weight excluding hydrogens is 349 g/mol. The fraction of sp³-hybridized carbons (Fsp3) is 0.400. The maximum absolute atomic E-state index is 5.21. The Balaban J connectivity index is 0.00000324. The van der Waals surface area contributed by atoms with Crippen molar-refractivity contribution in [3.63, 3.8) is 0 Å². The average Bonchev–Trinajstić information content (AvgIpc) is 2.38. The lowest BCUT2D eigenvalue weighted by atomic mass is 10.1. The summed E-state index contributed by atoms with van der Waals surface area (Å²) >= 11 is 0. The zero-order valence-corrected chi connectivity index (χ0v) is 13.9. The van der Waals surface area contributed by atoms with Gasteiger partial charge in [-0.1, -0.05) is 35.7 Å². The number of aliphatic imine (C=N–C) groups is 1. The lowest BCUT2D eigenvalue weighted by Gasteiger charge is -2.08. The van der Waals surface area contributed by atoms with Crippen LogP contribution in [0.2, 0.25) is 0 Å². The first-order chi connectivity index (χ1) is 8.76. The van der Waals surface area contributed by atoms with Gasteiger partial charge >= 0.3 is 0 Å². The Morgan fingerprint density at radius 2 is 1.95 bits per heavy atom. The molecule has 4 heteroatoms. The smallest absolute Gasteiger partial charge is 0.192 e. The molecule has 0 aliphatic rings. The van der Waals surface area contributed by atoms with Crippen molar-refractivity contribution in [2.24, 2.45) is 4.99 Å². The molecular formula is C15H22IN3. The van der Waals surface area contributed by atoms with E-state index < -0.39 is 0 Å². The van der Waals surface area contributed by atoms with E-state index in [4.69, 9.17) is 6.42 Å². The number of nitrogens with one attached hydrogen (secondary N) is 2. The van der Waals surface area contributed by atoms with Gasteiger partial charge in [0.25, 0.3) is 0 Å². The Bertz CT molecular complexity index is 418. The number of rotatable bonds is 5. The third kappa shape index (κ3) is 7.73. The number of aryl methyl sites for hydroxylation is 1. The fourth-order valence-electron chi connectivity index (χ4n) is 1.53. The Kier molecular flexibility index (Phi) is 9.99. The molecule has 104 valence electrons. The first-order valence-corrected chi connectivity index (χ1v) is 6.27. The van der Waals surface area contributed by atoms with Gasteiger partial charge in [0.1, 0.15) is 0 Å². The van der Waals surface area contributed by atoms with Gasteiger partial charge < -0.3 is 10.6 Å². The van der Waals surface area contributed by atoms with Crippen molar-refractivity contribution in [1.82, 2.24) is 10.6 Å². The molecule has 2 N–H and O–H groups in total. The lowest BCUT2D eigenvalue weighted by molar-refractivity contribution is 0.855. The molecule has 1 rings (SSSR count). The molecule has 0 radical (unpaired) electrons. The molecule has 0 aliphatic heterocycles. The third-order valence-corrected chi connectivity index (χ3v) is 2.49. The predicted molar refractivity (Wildman–Crippen MR) is 93.1 cm³/mol. The van der Waals surface area contributed by atoms with Crippen LogP contribution in [0.4, 0.5) is 0 Å². The van der Waals surface area contributed by atoms with Gasteiger partial charge in [0.05, 0.1) is 6.54 Å². The topological polar surface area (TPSA) is 36.4 Å². The molecule has 0 heterocycles. The van der Waals surface area contributed by atoms with E-state index in [1.165, 1.54) is 11.1 Å². The van der Waals surface area contributed by atoms with Gasteiger partial charge in [-0.3, -0.25) is 4.99 Å². The van der Waals surface area contributed by atoms with E-state index in [2.05, 4.69) is 52.7 Å². The van der Waals surface area contributed by atoms with Crippen molar-refractivity contribution < 1.29 is 0 Å². The van der Waals surface area contributed by atoms with E-state index in [1.807, 2.05) is 6.92 Å². The minimum Gasteiger partial charge on any atom is -0.357 e. The summed E-state index contributed by atoms with van der Waals surface area (Å²) in [5.41, 5.74) is 2.59. The van der Waals surface area contributed by atoms with Gasteiger partial charge in [0.15, 0.2) is 5.96 Å². The number of hydrogen-bond donors (Lipinski definition) is 2. The Morgan fingerprint density at radius 1 is 1.26 bits per heavy atom. The highest BCUT2D eigenvalue weighted by atomic mass is 127. The SMILES string of the molecule is C#CCNC(=NCCc1ccc(C)cc1)NCC.I. The minimum atomic E-state index is 0. The number of benzene rings is 1. The van der Waals surface area contributed by atoms with Crippen LogP contribution in [0.15, 0.2) is 29.3 Å². The highest BCUT2D eigenvalue weighted by Gasteiger charge is 1.95. The standard InChI is InChI=1S/C15H21N3.HI/c1-4-11-17-15(16-5-2)18-12-10-14-8-6-13(3)7-9-14;/h1,6-9H,5,10-12H2,2-3H3,(H2,16,17,18);1H. The van der Waals surface area contributed by atoms with Crippen molar-refractivity contribution in [3.05, 3.63) is 35.4 Å². The molecule has 0 spiro atoms. The van der Waals surface area contributed by atoms with Crippen LogP contribution in [-0.2, 0) is 6.42 Å². The first kappa shape index (κ1) is 17.8. The predicted octanol–water partition coefficient (Wildman–Crippen LogP) is 2.34. The number of guanidine groups is 1. The van der Waals surface area contributed by atoms with Crippen LogP contribution in [-0.4, -0.2) is 25.6 Å². The normalized spacial score (nSPS) is 10.3. The summed E-state index contributed by atoms with van der Waals surface area (Å²) in [4.78, 5) is 4.47. The number of nitrogens with zero attached hydrogens (tertiary/aromatic N) is 1. The van der Waals surface area contributed by atoms with Gasteiger partial charge in [0.2, 0.25) is 0 Å². The van der Waals surface area contributed by atoms with Gasteiger partial charge in [-0.25, -0.2) is 0 Å². The van der Waals surface area contributed by atoms with Crippen molar-refractivity contribution in [3.8, 4) is 12.3 Å². The summed E-state index contributed by atoms with van der Waals surface area (Å²) in [6.45, 7) is 6.21. The maximum atomic E-state index is 5.21. The van der Waals surface area contributed by atoms with Crippen LogP contribution in [0.5, 0.6) is 0 Å². The molecule has 0 aromatic heterocycles. The molecule has 0 aliphatic carbocycles. The molecule has 0 fully saturated rings. The summed E-state index contributed by atoms with van der Waals surface area (Å²) in [5.74, 6) is 3.32. The van der Waals surface area contributed by atoms with Gasteiger partial charge in [0, 0.05) is 13.1 Å². The Labute approximate surface area is 133 Å². The number of halogens is 1. The molecule has 3 nitrogen and oxygen atoms in total. The molecule has 0 unspecified atom stereocenters. The molecule has 0 bridgehead atoms. The number of hydrogen-bond acceptors (Lipinski definition) is 1. The summed E-state index contributed by atoms with van der Waals surface area (Å²) in [7, 11) is 0. The molecule has 19 heavy (non-hydrogen) atoms. The summed E-state index contributed by atoms with van der Waals surface area (Å²) in [5, 5.41) is 6.22. The van der Waals surface area contributed by atoms with Gasteiger partial charge in [-0.2, -0.15) is 0 Å². The first-order valence-electron chi connectivity index (χ1n) is 6.27. The highest BCUT2D eigenvalue weighted by molar-refractivity contribution is 14.0. The Morgan fingerprint density at radius 3 is 2.53 bits per heavy atom. The largest absolute Gasteiger partial charge is 0.357 e. The van der Waals surface area contributed by atoms with Crippen LogP contribution in [0.1, 0.15) is 18.1 Å². The molecule has 0 atom stereocenters. The van der Waals surface area contributed by atoms with Crippen LogP contribution < -0.4 is 10.6 Å². The molecule has 0 saturated carbocycles. The molecule has 0 amide bonds. The van der Waals surface area contributed by atoms with E-state index in [-0.39, 0.29) is 24.0 Å². The minimum absolute atomic E-state index is 0. The van der Waals surface area contributed by atoms with Crippen molar-refractivity contribution >= 4 is 29.9 Å². The monoisotopic (exact) mass is 371 g/mol. The number of terminal acetylenes is 1. The lowest BCUT2D eigenvalue weighted by Crippen LogP contribution is -2.37. The average molecular weight is 371 g/mol. The third-order valence-electron chi connectivity index (χ3n) is 2.49. The van der Waals surface area contributed by atoms with Crippen LogP contribution in [0, 0.1) is 19.3 Å². The summed E-state index contributed by atoms with van der Waals surface area (Å²) in [6, 6.07) is 8.54. The van der Waals surface area contributed by atoms with Gasteiger partial charge in [-0.15, -0.1) is 30.4 Å². The fourth-order valence-corrected chi connectivity index (χ4v) is 1.53. The van der Waals surface area contributed by atoms with Crippen molar-refractivity contribution in [1.29, 1.82) is 0 Å². The van der Waals surface area contributed by atoms with E-state index in [0.717, 1.165) is 25.5 Å². The van der Waals surface area contributed by atoms with E-state index in [0.29, 0.717) is 6.54 Å². The molecule has 1 aromatic carbocycles. The van der Waals surface area contributed by atoms with Crippen LogP contribution >= 0.6 is 24.0 Å². The molecule has 0 saturated heterocycles. The maximum Gasteiger partial charge on any atom is 0.192 e. The molecule has 1 aromatic rings. The van der Waals surface area contributed by atoms with E-state index >= 15 is 0 Å². The second-order valence-corrected chi connectivity index (χ2v) is 4.05. The zero-order valence-electron chi connectivity index (χ0n) is 11.6. The van der Waals surface area contributed by atoms with Crippen molar-refractivity contribution in [2.75, 3.05) is 19.6 Å². The van der Waals surface area contributed by atoms with Crippen LogP contribution in [0.3, 0.4) is 0 Å². The highest BCUT2D eigenvalue weighted by Crippen LogP contribution is 2.03. The Hall–Kier alpha value is -1.22. The second kappa shape index (κ2) is 10.7. The summed E-state index contributed by atoms with van der Waals surface area (Å²) < 4.78 is 0. The quantitative estimate of drug-likeness (QED) is 0.361. The zero-order chi connectivity index (χ0) is 13.2. The van der Waals surface area contributed by atoms with E-state index in [9.17, 15) is 0 Å². The second-order valence-electron chi connectivity index (χ2n) is 4.05. The van der Waals surface area contributed by atoms with E-state index in [1.54, 1.807) is 0 Å².